The van der Waals surface area contributed by atoms with E-state index in [2.05, 4.69) is 15.3 Å². The maximum absolute atomic E-state index is 12.5. The summed E-state index contributed by atoms with van der Waals surface area (Å²) in [6, 6.07) is 16.4. The van der Waals surface area contributed by atoms with Crippen LogP contribution in [-0.2, 0) is 4.79 Å². The molecule has 4 aromatic rings. The van der Waals surface area contributed by atoms with Crippen molar-refractivity contribution < 1.29 is 24.4 Å². The molecule has 3 aromatic carbocycles. The van der Waals surface area contributed by atoms with Crippen molar-refractivity contribution in [3.63, 3.8) is 0 Å². The molecule has 13 heteroatoms. The predicted molar refractivity (Wildman–Crippen MR) is 152 cm³/mol. The molecule has 0 bridgehead atoms. The fourth-order valence-corrected chi connectivity index (χ4v) is 6.57. The fourth-order valence-electron chi connectivity index (χ4n) is 3.59. The van der Waals surface area contributed by atoms with E-state index < -0.39 is 16.8 Å². The number of nitrogens with zero attached hydrogens (tertiary/aromatic N) is 3. The molecule has 0 spiro atoms. The molecular formula is C26H18N4O6S3. The van der Waals surface area contributed by atoms with Crippen LogP contribution >= 0.6 is 34.9 Å². The second-order valence-corrected chi connectivity index (χ2v) is 11.3. The van der Waals surface area contributed by atoms with Gasteiger partial charge in [0.25, 0.3) is 11.6 Å². The number of carbonyl (C=O) groups is 2. The highest BCUT2D eigenvalue weighted by atomic mass is 32.2. The number of thioether (sulfide) groups is 1. The summed E-state index contributed by atoms with van der Waals surface area (Å²) in [7, 11) is 0. The van der Waals surface area contributed by atoms with Gasteiger partial charge in [-0.15, -0.1) is 11.3 Å². The molecule has 1 saturated heterocycles. The van der Waals surface area contributed by atoms with Crippen LogP contribution in [0.25, 0.3) is 16.3 Å². The van der Waals surface area contributed by atoms with Gasteiger partial charge in [0.15, 0.2) is 9.51 Å². The van der Waals surface area contributed by atoms with Crippen molar-refractivity contribution in [3.05, 3.63) is 86.8 Å². The van der Waals surface area contributed by atoms with Crippen LogP contribution in [-0.4, -0.2) is 38.7 Å². The third-order valence-electron chi connectivity index (χ3n) is 5.30. The third-order valence-corrected chi connectivity index (χ3v) is 8.35. The van der Waals surface area contributed by atoms with E-state index in [1.807, 2.05) is 25.1 Å². The van der Waals surface area contributed by atoms with E-state index in [9.17, 15) is 19.7 Å². The number of aromatic nitrogens is 1. The molecule has 10 nitrogen and oxygen atoms in total. The molecule has 196 valence electrons. The van der Waals surface area contributed by atoms with E-state index in [1.54, 1.807) is 30.3 Å². The van der Waals surface area contributed by atoms with E-state index in [0.29, 0.717) is 32.0 Å². The number of amides is 1. The van der Waals surface area contributed by atoms with E-state index in [-0.39, 0.29) is 16.4 Å². The zero-order valence-corrected chi connectivity index (χ0v) is 22.6. The van der Waals surface area contributed by atoms with E-state index >= 15 is 0 Å². The lowest BCUT2D eigenvalue weighted by atomic mass is 10.2. The Balaban J connectivity index is 1.37. The Bertz CT molecular complexity index is 1700. The third kappa shape index (κ3) is 6.11. The summed E-state index contributed by atoms with van der Waals surface area (Å²) < 4.78 is 7.11. The maximum atomic E-state index is 12.5. The molecular weight excluding hydrogens is 561 g/mol. The Morgan fingerprint density at radius 1 is 1.23 bits per heavy atom. The number of hydrogen-bond acceptors (Lipinski definition) is 10. The first-order valence-corrected chi connectivity index (χ1v) is 13.9. The molecule has 0 saturated carbocycles. The Kier molecular flexibility index (Phi) is 7.63. The van der Waals surface area contributed by atoms with E-state index in [1.165, 1.54) is 41.3 Å². The monoisotopic (exact) mass is 578 g/mol. The number of aromatic carboxylic acids is 1. The number of thiazole rings is 1. The Labute approximate surface area is 234 Å². The van der Waals surface area contributed by atoms with Crippen molar-refractivity contribution >= 4 is 79.6 Å². The number of carboxylic acids is 1. The summed E-state index contributed by atoms with van der Waals surface area (Å²) in [4.78, 5) is 44.7. The van der Waals surface area contributed by atoms with Gasteiger partial charge < -0.3 is 15.2 Å². The summed E-state index contributed by atoms with van der Waals surface area (Å²) in [6.07, 6.45) is 1.55. The van der Waals surface area contributed by atoms with Crippen molar-refractivity contribution in [1.82, 2.24) is 10.3 Å². The van der Waals surface area contributed by atoms with Crippen LogP contribution in [0, 0.1) is 10.1 Å². The van der Waals surface area contributed by atoms with Gasteiger partial charge in [0.05, 0.1) is 42.8 Å². The molecule has 5 rings (SSSR count). The van der Waals surface area contributed by atoms with Gasteiger partial charge in [-0.05, 0) is 72.8 Å². The number of nitro groups is 1. The highest BCUT2D eigenvalue weighted by Gasteiger charge is 2.25. The molecule has 0 aliphatic carbocycles. The van der Waals surface area contributed by atoms with Gasteiger partial charge in [0.1, 0.15) is 5.75 Å². The molecule has 0 radical (unpaired) electrons. The van der Waals surface area contributed by atoms with Gasteiger partial charge in [-0.3, -0.25) is 14.9 Å². The van der Waals surface area contributed by atoms with Crippen LogP contribution in [0.2, 0.25) is 0 Å². The number of aliphatic imine (C=N–C) groups is 1. The lowest BCUT2D eigenvalue weighted by Crippen LogP contribution is -2.19. The van der Waals surface area contributed by atoms with Gasteiger partial charge in [-0.1, -0.05) is 23.9 Å². The number of ether oxygens (including phenoxy) is 1. The normalized spacial score (nSPS) is 15.2. The van der Waals surface area contributed by atoms with E-state index in [4.69, 9.17) is 9.84 Å². The molecule has 2 heterocycles. The topological polar surface area (TPSA) is 144 Å². The summed E-state index contributed by atoms with van der Waals surface area (Å²) in [5.41, 5.74) is 1.61. The van der Waals surface area contributed by atoms with Gasteiger partial charge >= 0.3 is 5.97 Å². The quantitative estimate of drug-likeness (QED) is 0.139. The van der Waals surface area contributed by atoms with Crippen LogP contribution in [0.4, 0.5) is 11.4 Å². The van der Waals surface area contributed by atoms with Crippen molar-refractivity contribution in [2.75, 3.05) is 6.61 Å². The first kappa shape index (κ1) is 26.4. The molecule has 2 N–H and O–H groups in total. The lowest BCUT2D eigenvalue weighted by molar-refractivity contribution is -0.387. The lowest BCUT2D eigenvalue weighted by Gasteiger charge is -2.02. The molecule has 1 amide bonds. The van der Waals surface area contributed by atoms with Gasteiger partial charge in [0, 0.05) is 6.07 Å². The molecule has 0 unspecified atom stereocenters. The van der Waals surface area contributed by atoms with Gasteiger partial charge in [-0.25, -0.2) is 14.8 Å². The van der Waals surface area contributed by atoms with Crippen LogP contribution in [0.1, 0.15) is 22.8 Å². The Morgan fingerprint density at radius 3 is 2.85 bits per heavy atom. The number of carbonyl (C=O) groups excluding carboxylic acids is 1. The van der Waals surface area contributed by atoms with Crippen molar-refractivity contribution in [3.8, 4) is 5.75 Å². The Hall–Kier alpha value is -4.20. The average molecular weight is 579 g/mol. The molecule has 1 aromatic heterocycles. The van der Waals surface area contributed by atoms with Crippen LogP contribution in [0.15, 0.2) is 79.8 Å². The molecule has 39 heavy (non-hydrogen) atoms. The number of carboxylic acid groups (broad SMARTS) is 1. The molecule has 1 aliphatic heterocycles. The number of nitro benzene ring substituents is 1. The fraction of sp³-hybridized carbons (Fsp3) is 0.0769. The Morgan fingerprint density at radius 2 is 2.08 bits per heavy atom. The van der Waals surface area contributed by atoms with Crippen LogP contribution < -0.4 is 10.1 Å². The second kappa shape index (κ2) is 11.3. The predicted octanol–water partition coefficient (Wildman–Crippen LogP) is 6.34. The molecule has 0 atom stereocenters. The van der Waals surface area contributed by atoms with Crippen molar-refractivity contribution in [2.45, 2.75) is 16.2 Å². The average Bonchev–Trinajstić information content (AvgIpc) is 3.46. The second-order valence-electron chi connectivity index (χ2n) is 7.97. The zero-order valence-electron chi connectivity index (χ0n) is 20.1. The van der Waals surface area contributed by atoms with Gasteiger partial charge in [-0.2, -0.15) is 0 Å². The summed E-state index contributed by atoms with van der Waals surface area (Å²) in [5, 5.41) is 23.9. The number of benzene rings is 3. The number of fused-ring (bicyclic) bond motifs is 1. The van der Waals surface area contributed by atoms with Crippen molar-refractivity contribution in [1.29, 1.82) is 0 Å². The first-order valence-electron chi connectivity index (χ1n) is 11.4. The number of hydrogen-bond donors (Lipinski definition) is 2. The minimum Gasteiger partial charge on any atom is -0.494 e. The smallest absolute Gasteiger partial charge is 0.335 e. The molecule has 1 fully saturated rings. The summed E-state index contributed by atoms with van der Waals surface area (Å²) >= 11 is 3.68. The summed E-state index contributed by atoms with van der Waals surface area (Å²) in [6.45, 7) is 2.46. The zero-order chi connectivity index (χ0) is 27.5. The van der Waals surface area contributed by atoms with Crippen LogP contribution in [0.3, 0.4) is 0 Å². The number of nitrogens with one attached hydrogen (secondary N) is 1. The number of amidine groups is 1. The van der Waals surface area contributed by atoms with E-state index in [0.717, 1.165) is 27.7 Å². The van der Waals surface area contributed by atoms with Crippen molar-refractivity contribution in [2.24, 2.45) is 4.99 Å². The minimum absolute atomic E-state index is 0.0771. The highest BCUT2D eigenvalue weighted by molar-refractivity contribution is 8.18. The van der Waals surface area contributed by atoms with Crippen LogP contribution in [0.5, 0.6) is 5.75 Å². The minimum atomic E-state index is -1.08. The van der Waals surface area contributed by atoms with Gasteiger partial charge in [0.2, 0.25) is 0 Å². The first-order chi connectivity index (χ1) is 18.8. The standard InChI is InChI=1S/C26H18N4O6S3/c1-2-36-17-7-8-18-21(13-17)39-26(28-18)38-20-9-6-14(10-19(20)30(34)35)11-22-23(31)29-25(37-22)27-16-5-3-4-15(12-16)24(32)33/h3-13H,2H2,1H3,(H,32,33)(H,27,29,31)/b22-11-. The SMILES string of the molecule is CCOc1ccc2nc(Sc3ccc(/C=C4\SC(=Nc5cccc(C(=O)O)c5)NC4=O)cc3[N+](=O)[O-])sc2c1. The molecule has 1 aliphatic rings. The number of rotatable bonds is 8. The highest BCUT2D eigenvalue weighted by Crippen LogP contribution is 2.40. The largest absolute Gasteiger partial charge is 0.494 e. The maximum Gasteiger partial charge on any atom is 0.335 e. The summed E-state index contributed by atoms with van der Waals surface area (Å²) in [5.74, 6) is -0.748.